The summed E-state index contributed by atoms with van der Waals surface area (Å²) in [5, 5.41) is 0.801. The minimum atomic E-state index is -0.912. The van der Waals surface area contributed by atoms with E-state index < -0.39 is 12.1 Å². The molecule has 0 bridgehead atoms. The van der Waals surface area contributed by atoms with Crippen LogP contribution in [0.15, 0.2) is 42.9 Å². The number of benzene rings is 1. The summed E-state index contributed by atoms with van der Waals surface area (Å²) in [6.07, 6.45) is 3.52. The summed E-state index contributed by atoms with van der Waals surface area (Å²) in [6, 6.07) is 7.46. The normalized spacial score (nSPS) is 12.1. The molecule has 2 heterocycles. The maximum absolute atomic E-state index is 12.5. The highest BCUT2D eigenvalue weighted by Crippen LogP contribution is 2.20. The molecule has 0 amide bonds. The Labute approximate surface area is 132 Å². The molecule has 2 aromatic heterocycles. The molecule has 0 aliphatic carbocycles. The lowest BCUT2D eigenvalue weighted by molar-refractivity contribution is 0.0313. The molecule has 3 rings (SSSR count). The van der Waals surface area contributed by atoms with Crippen LogP contribution in [0.1, 0.15) is 33.5 Å². The van der Waals surface area contributed by atoms with Crippen molar-refractivity contribution >= 4 is 22.7 Å². The summed E-state index contributed by atoms with van der Waals surface area (Å²) in [4.78, 5) is 35.5. The number of fused-ring (bicyclic) bond motifs is 1. The third-order valence-electron chi connectivity index (χ3n) is 3.50. The number of carbonyl (C=O) groups is 2. The Bertz CT molecular complexity index is 868. The minimum absolute atomic E-state index is 0.0779. The highest BCUT2D eigenvalue weighted by Gasteiger charge is 2.23. The number of rotatable bonds is 4. The Hall–Kier alpha value is -3.02. The van der Waals surface area contributed by atoms with Gasteiger partial charge in [0.25, 0.3) is 0 Å². The Kier molecular flexibility index (Phi) is 3.89. The lowest BCUT2D eigenvalue weighted by Crippen LogP contribution is -2.24. The predicted molar refractivity (Wildman–Crippen MR) is 84.3 cm³/mol. The van der Waals surface area contributed by atoms with Crippen molar-refractivity contribution in [1.82, 2.24) is 15.0 Å². The number of esters is 1. The van der Waals surface area contributed by atoms with Gasteiger partial charge in [-0.3, -0.25) is 9.78 Å². The van der Waals surface area contributed by atoms with E-state index in [9.17, 15) is 9.59 Å². The Balaban J connectivity index is 1.77. The molecule has 0 spiro atoms. The van der Waals surface area contributed by atoms with Crippen LogP contribution in [0, 0.1) is 6.92 Å². The second-order valence-electron chi connectivity index (χ2n) is 5.20. The molecule has 0 fully saturated rings. The van der Waals surface area contributed by atoms with Crippen molar-refractivity contribution in [3.8, 4) is 0 Å². The molecule has 1 atom stereocenters. The first kappa shape index (κ1) is 14.9. The Morgan fingerprint density at radius 3 is 2.70 bits per heavy atom. The zero-order chi connectivity index (χ0) is 16.4. The second kappa shape index (κ2) is 6.00. The Morgan fingerprint density at radius 2 is 1.96 bits per heavy atom. The summed E-state index contributed by atoms with van der Waals surface area (Å²) in [5.41, 5.74) is 2.13. The van der Waals surface area contributed by atoms with Gasteiger partial charge in [0.05, 0.1) is 11.9 Å². The van der Waals surface area contributed by atoms with E-state index in [2.05, 4.69) is 15.0 Å². The third kappa shape index (κ3) is 2.96. The lowest BCUT2D eigenvalue weighted by Gasteiger charge is -2.11. The molecule has 6 heteroatoms. The number of aryl methyl sites for hydroxylation is 1. The maximum Gasteiger partial charge on any atom is 0.359 e. The number of nitrogens with one attached hydrogen (secondary N) is 1. The number of hydrogen-bond acceptors (Lipinski definition) is 5. The van der Waals surface area contributed by atoms with Crippen LogP contribution < -0.4 is 0 Å². The lowest BCUT2D eigenvalue weighted by atomic mass is 10.1. The van der Waals surface area contributed by atoms with E-state index in [4.69, 9.17) is 4.74 Å². The molecule has 0 saturated carbocycles. The number of ether oxygens (including phenoxy) is 1. The summed E-state index contributed by atoms with van der Waals surface area (Å²) >= 11 is 0. The van der Waals surface area contributed by atoms with Crippen molar-refractivity contribution in [2.45, 2.75) is 20.0 Å². The fourth-order valence-electron chi connectivity index (χ4n) is 2.27. The zero-order valence-corrected chi connectivity index (χ0v) is 12.7. The molecule has 23 heavy (non-hydrogen) atoms. The molecule has 1 N–H and O–H groups in total. The molecular formula is C17H15N3O3. The van der Waals surface area contributed by atoms with E-state index in [-0.39, 0.29) is 11.5 Å². The van der Waals surface area contributed by atoms with Gasteiger partial charge in [-0.25, -0.2) is 9.78 Å². The average Bonchev–Trinajstić information content (AvgIpc) is 2.98. The van der Waals surface area contributed by atoms with Crippen LogP contribution in [0.3, 0.4) is 0 Å². The third-order valence-corrected chi connectivity index (χ3v) is 3.50. The monoisotopic (exact) mass is 309 g/mol. The minimum Gasteiger partial charge on any atom is -0.449 e. The summed E-state index contributed by atoms with van der Waals surface area (Å²) < 4.78 is 5.21. The number of carbonyl (C=O) groups excluding carboxylic acids is 2. The molecule has 3 aromatic rings. The van der Waals surface area contributed by atoms with Gasteiger partial charge in [0.1, 0.15) is 0 Å². The predicted octanol–water partition coefficient (Wildman–Crippen LogP) is 2.69. The number of hydrogen-bond donors (Lipinski definition) is 1. The van der Waals surface area contributed by atoms with Gasteiger partial charge in [0.2, 0.25) is 5.78 Å². The average molecular weight is 309 g/mol. The van der Waals surface area contributed by atoms with E-state index in [0.717, 1.165) is 10.9 Å². The maximum atomic E-state index is 12.5. The molecule has 0 saturated heterocycles. The van der Waals surface area contributed by atoms with Crippen LogP contribution in [-0.4, -0.2) is 32.8 Å². The van der Waals surface area contributed by atoms with Crippen molar-refractivity contribution in [2.24, 2.45) is 0 Å². The molecular weight excluding hydrogens is 294 g/mol. The van der Waals surface area contributed by atoms with E-state index in [1.807, 2.05) is 24.3 Å². The zero-order valence-electron chi connectivity index (χ0n) is 12.7. The van der Waals surface area contributed by atoms with Crippen LogP contribution >= 0.6 is 0 Å². The van der Waals surface area contributed by atoms with Crippen LogP contribution in [0.25, 0.3) is 10.9 Å². The van der Waals surface area contributed by atoms with Crippen LogP contribution in [0.4, 0.5) is 0 Å². The first-order valence-electron chi connectivity index (χ1n) is 7.16. The van der Waals surface area contributed by atoms with Crippen molar-refractivity contribution in [3.63, 3.8) is 0 Å². The number of aromatic amines is 1. The van der Waals surface area contributed by atoms with Gasteiger partial charge >= 0.3 is 5.97 Å². The second-order valence-corrected chi connectivity index (χ2v) is 5.20. The fraction of sp³-hybridized carbons (Fsp3) is 0.176. The van der Waals surface area contributed by atoms with Crippen molar-refractivity contribution in [1.29, 1.82) is 0 Å². The van der Waals surface area contributed by atoms with Gasteiger partial charge in [-0.05, 0) is 19.9 Å². The molecule has 0 radical (unpaired) electrons. The number of Topliss-reactive ketones (excluding diaryl/α,β-unsaturated/α-hetero) is 1. The SMILES string of the molecule is Cc1cnc(C(=O)O[C@@H](C)C(=O)c2c[nH]c3ccccc23)cn1. The van der Waals surface area contributed by atoms with Crippen molar-refractivity contribution < 1.29 is 14.3 Å². The largest absolute Gasteiger partial charge is 0.449 e. The number of aromatic nitrogens is 3. The first-order chi connectivity index (χ1) is 11.1. The number of ketones is 1. The van der Waals surface area contributed by atoms with Gasteiger partial charge in [0.15, 0.2) is 11.8 Å². The molecule has 0 aliphatic heterocycles. The summed E-state index contributed by atoms with van der Waals surface area (Å²) in [7, 11) is 0. The van der Waals surface area contributed by atoms with Crippen molar-refractivity contribution in [3.05, 3.63) is 59.8 Å². The standard InChI is InChI=1S/C17H15N3O3/c1-10-7-19-15(9-18-10)17(22)23-11(2)16(21)13-8-20-14-6-4-3-5-12(13)14/h3-9,11,20H,1-2H3/t11-/m0/s1. The van der Waals surface area contributed by atoms with Gasteiger partial charge < -0.3 is 9.72 Å². The summed E-state index contributed by atoms with van der Waals surface area (Å²) in [6.45, 7) is 3.31. The number of nitrogens with zero attached hydrogens (tertiary/aromatic N) is 2. The highest BCUT2D eigenvalue weighted by molar-refractivity contribution is 6.10. The van der Waals surface area contributed by atoms with Crippen LogP contribution in [-0.2, 0) is 4.74 Å². The van der Waals surface area contributed by atoms with E-state index >= 15 is 0 Å². The van der Waals surface area contributed by atoms with Gasteiger partial charge in [-0.1, -0.05) is 18.2 Å². The van der Waals surface area contributed by atoms with Gasteiger partial charge in [0, 0.05) is 28.9 Å². The molecule has 6 nitrogen and oxygen atoms in total. The van der Waals surface area contributed by atoms with Crippen LogP contribution in [0.5, 0.6) is 0 Å². The quantitative estimate of drug-likeness (QED) is 0.591. The van der Waals surface area contributed by atoms with E-state index in [1.54, 1.807) is 20.0 Å². The smallest absolute Gasteiger partial charge is 0.359 e. The number of H-pyrrole nitrogens is 1. The molecule has 116 valence electrons. The van der Waals surface area contributed by atoms with E-state index in [1.165, 1.54) is 12.4 Å². The molecule has 0 unspecified atom stereocenters. The Morgan fingerprint density at radius 1 is 1.17 bits per heavy atom. The fourth-order valence-corrected chi connectivity index (χ4v) is 2.27. The van der Waals surface area contributed by atoms with E-state index in [0.29, 0.717) is 11.3 Å². The topological polar surface area (TPSA) is 84.9 Å². The molecule has 1 aromatic carbocycles. The first-order valence-corrected chi connectivity index (χ1v) is 7.16. The van der Waals surface area contributed by atoms with Gasteiger partial charge in [-0.15, -0.1) is 0 Å². The van der Waals surface area contributed by atoms with Crippen LogP contribution in [0.2, 0.25) is 0 Å². The number of para-hydroxylation sites is 1. The summed E-state index contributed by atoms with van der Waals surface area (Å²) in [5.74, 6) is -0.936. The highest BCUT2D eigenvalue weighted by atomic mass is 16.5. The van der Waals surface area contributed by atoms with Gasteiger partial charge in [-0.2, -0.15) is 0 Å². The van der Waals surface area contributed by atoms with Crippen molar-refractivity contribution in [2.75, 3.05) is 0 Å². The molecule has 0 aliphatic rings.